The SMILES string of the molecule is CCc1nn(Cc2nnn(C)n2)c(CC)c1S(=O)(=O)Cl. The second kappa shape index (κ2) is 5.49. The van der Waals surface area contributed by atoms with Crippen molar-refractivity contribution < 1.29 is 8.42 Å². The summed E-state index contributed by atoms with van der Waals surface area (Å²) in [5, 5.41) is 16.0. The van der Waals surface area contributed by atoms with Gasteiger partial charge in [-0.25, -0.2) is 8.42 Å². The second-order valence-corrected chi connectivity index (χ2v) is 6.72. The monoisotopic (exact) mass is 318 g/mol. The third-order valence-corrected chi connectivity index (χ3v) is 4.25. The summed E-state index contributed by atoms with van der Waals surface area (Å²) in [5.74, 6) is 0.464. The summed E-state index contributed by atoms with van der Waals surface area (Å²) in [4.78, 5) is 1.44. The van der Waals surface area contributed by atoms with Crippen LogP contribution in [0.4, 0.5) is 0 Å². The number of halogens is 1. The zero-order valence-corrected chi connectivity index (χ0v) is 13.0. The molecule has 2 rings (SSSR count). The fourth-order valence-corrected chi connectivity index (χ4v) is 3.57. The molecule has 0 amide bonds. The summed E-state index contributed by atoms with van der Waals surface area (Å²) in [6.07, 6.45) is 0.976. The molecule has 0 aliphatic rings. The Morgan fingerprint density at radius 3 is 2.35 bits per heavy atom. The molecule has 0 unspecified atom stereocenters. The maximum Gasteiger partial charge on any atom is 0.264 e. The first-order valence-corrected chi connectivity index (χ1v) is 8.43. The second-order valence-electron chi connectivity index (χ2n) is 4.22. The van der Waals surface area contributed by atoms with Crippen molar-refractivity contribution in [1.29, 1.82) is 0 Å². The molecular weight excluding hydrogens is 304 g/mol. The molecule has 0 N–H and O–H groups in total. The summed E-state index contributed by atoms with van der Waals surface area (Å²) in [5.41, 5.74) is 1.02. The minimum absolute atomic E-state index is 0.105. The molecule has 0 aliphatic heterocycles. The third kappa shape index (κ3) is 2.83. The predicted octanol–water partition coefficient (Wildman–Crippen LogP) is 0.507. The molecule has 0 bridgehead atoms. The fraction of sp³-hybridized carbons (Fsp3) is 0.600. The molecule has 0 aromatic carbocycles. The van der Waals surface area contributed by atoms with Gasteiger partial charge in [-0.1, -0.05) is 13.8 Å². The van der Waals surface area contributed by atoms with E-state index in [-0.39, 0.29) is 11.4 Å². The van der Waals surface area contributed by atoms with Crippen LogP contribution in [0, 0.1) is 0 Å². The lowest BCUT2D eigenvalue weighted by atomic mass is 10.2. The number of hydrogen-bond acceptors (Lipinski definition) is 6. The molecule has 10 heteroatoms. The van der Waals surface area contributed by atoms with Crippen molar-refractivity contribution in [1.82, 2.24) is 30.0 Å². The number of hydrogen-bond donors (Lipinski definition) is 0. The van der Waals surface area contributed by atoms with Gasteiger partial charge in [0.15, 0.2) is 5.82 Å². The van der Waals surface area contributed by atoms with Crippen molar-refractivity contribution in [3.8, 4) is 0 Å². The average molecular weight is 319 g/mol. The lowest BCUT2D eigenvalue weighted by Gasteiger charge is -2.03. The molecule has 0 spiro atoms. The molecule has 0 radical (unpaired) electrons. The zero-order valence-electron chi connectivity index (χ0n) is 11.4. The summed E-state index contributed by atoms with van der Waals surface area (Å²) in [7, 11) is 3.35. The van der Waals surface area contributed by atoms with E-state index in [1.165, 1.54) is 4.80 Å². The minimum Gasteiger partial charge on any atom is -0.260 e. The van der Waals surface area contributed by atoms with Crippen molar-refractivity contribution >= 4 is 19.7 Å². The van der Waals surface area contributed by atoms with Gasteiger partial charge in [-0.15, -0.1) is 10.2 Å². The van der Waals surface area contributed by atoms with Gasteiger partial charge in [0.1, 0.15) is 11.4 Å². The molecule has 0 saturated heterocycles. The maximum absolute atomic E-state index is 11.7. The number of aryl methyl sites for hydroxylation is 2. The molecule has 110 valence electrons. The van der Waals surface area contributed by atoms with E-state index in [9.17, 15) is 8.42 Å². The van der Waals surface area contributed by atoms with Crippen LogP contribution in [0.15, 0.2) is 4.90 Å². The molecule has 20 heavy (non-hydrogen) atoms. The Kier molecular flexibility index (Phi) is 4.09. The fourth-order valence-electron chi connectivity index (χ4n) is 2.04. The number of aromatic nitrogens is 6. The van der Waals surface area contributed by atoms with E-state index < -0.39 is 9.05 Å². The summed E-state index contributed by atoms with van der Waals surface area (Å²) >= 11 is 0. The van der Waals surface area contributed by atoms with Crippen molar-refractivity contribution in [2.24, 2.45) is 7.05 Å². The van der Waals surface area contributed by atoms with Crippen LogP contribution >= 0.6 is 10.7 Å². The minimum atomic E-state index is -3.83. The van der Waals surface area contributed by atoms with Crippen molar-refractivity contribution in [3.63, 3.8) is 0 Å². The maximum atomic E-state index is 11.7. The highest BCUT2D eigenvalue weighted by atomic mass is 35.7. The highest BCUT2D eigenvalue weighted by molar-refractivity contribution is 8.13. The Morgan fingerprint density at radius 1 is 1.20 bits per heavy atom. The Labute approximate surface area is 121 Å². The van der Waals surface area contributed by atoms with E-state index in [0.29, 0.717) is 30.1 Å². The highest BCUT2D eigenvalue weighted by Gasteiger charge is 2.25. The Hall–Kier alpha value is -1.48. The van der Waals surface area contributed by atoms with Crippen molar-refractivity contribution in [2.45, 2.75) is 38.1 Å². The van der Waals surface area contributed by atoms with Crippen LogP contribution in [0.5, 0.6) is 0 Å². The van der Waals surface area contributed by atoms with Crippen LogP contribution < -0.4 is 0 Å². The smallest absolute Gasteiger partial charge is 0.260 e. The first-order chi connectivity index (χ1) is 9.36. The number of tetrazole rings is 1. The van der Waals surface area contributed by atoms with Crippen LogP contribution in [0.3, 0.4) is 0 Å². The molecule has 8 nitrogen and oxygen atoms in total. The quantitative estimate of drug-likeness (QED) is 0.745. The van der Waals surface area contributed by atoms with E-state index in [0.717, 1.165) is 0 Å². The van der Waals surface area contributed by atoms with E-state index in [1.54, 1.807) is 11.7 Å². The van der Waals surface area contributed by atoms with Crippen LogP contribution in [-0.2, 0) is 35.5 Å². The molecule has 0 atom stereocenters. The van der Waals surface area contributed by atoms with Gasteiger partial charge in [0.2, 0.25) is 0 Å². The molecule has 2 aromatic rings. The average Bonchev–Trinajstić information content (AvgIpc) is 2.92. The largest absolute Gasteiger partial charge is 0.264 e. The van der Waals surface area contributed by atoms with Gasteiger partial charge in [-0.2, -0.15) is 9.90 Å². The normalized spacial score (nSPS) is 12.0. The van der Waals surface area contributed by atoms with E-state index in [2.05, 4.69) is 20.5 Å². The van der Waals surface area contributed by atoms with E-state index >= 15 is 0 Å². The summed E-state index contributed by atoms with van der Waals surface area (Å²) < 4.78 is 25.0. The molecule has 0 fully saturated rings. The van der Waals surface area contributed by atoms with E-state index in [4.69, 9.17) is 10.7 Å². The number of nitrogens with zero attached hydrogens (tertiary/aromatic N) is 6. The first-order valence-electron chi connectivity index (χ1n) is 6.12. The highest BCUT2D eigenvalue weighted by Crippen LogP contribution is 2.25. The zero-order chi connectivity index (χ0) is 14.9. The first kappa shape index (κ1) is 14.9. The van der Waals surface area contributed by atoms with Gasteiger partial charge in [0.25, 0.3) is 9.05 Å². The third-order valence-electron chi connectivity index (χ3n) is 2.83. The molecule has 2 heterocycles. The van der Waals surface area contributed by atoms with Gasteiger partial charge in [-0.05, 0) is 18.1 Å². The van der Waals surface area contributed by atoms with Crippen LogP contribution in [0.1, 0.15) is 31.1 Å². The molecule has 0 aliphatic carbocycles. The Bertz CT molecular complexity index is 720. The Morgan fingerprint density at radius 2 is 1.90 bits per heavy atom. The lowest BCUT2D eigenvalue weighted by molar-refractivity contribution is 0.596. The van der Waals surface area contributed by atoms with Gasteiger partial charge in [-0.3, -0.25) is 4.68 Å². The van der Waals surface area contributed by atoms with Crippen LogP contribution in [-0.4, -0.2) is 38.4 Å². The molecule has 2 aromatic heterocycles. The molecular formula is C10H15ClN6O2S. The lowest BCUT2D eigenvalue weighted by Crippen LogP contribution is -2.09. The van der Waals surface area contributed by atoms with Crippen LogP contribution in [0.25, 0.3) is 0 Å². The van der Waals surface area contributed by atoms with Gasteiger partial charge in [0.05, 0.1) is 18.4 Å². The summed E-state index contributed by atoms with van der Waals surface area (Å²) in [6, 6.07) is 0. The van der Waals surface area contributed by atoms with Gasteiger partial charge >= 0.3 is 0 Å². The molecule has 0 saturated carbocycles. The predicted molar refractivity (Wildman–Crippen MR) is 71.9 cm³/mol. The topological polar surface area (TPSA) is 95.6 Å². The van der Waals surface area contributed by atoms with Crippen LogP contribution in [0.2, 0.25) is 0 Å². The Balaban J connectivity index is 2.51. The van der Waals surface area contributed by atoms with Gasteiger partial charge < -0.3 is 0 Å². The summed E-state index contributed by atoms with van der Waals surface area (Å²) in [6.45, 7) is 3.94. The van der Waals surface area contributed by atoms with E-state index in [1.807, 2.05) is 13.8 Å². The van der Waals surface area contributed by atoms with Crippen molar-refractivity contribution in [2.75, 3.05) is 0 Å². The number of rotatable bonds is 5. The standard InChI is InChI=1S/C10H15ClN6O2S/c1-4-7-10(20(11,18)19)8(5-2)17(13-7)6-9-12-15-16(3)14-9/h4-6H2,1-3H3. The van der Waals surface area contributed by atoms with Gasteiger partial charge in [0, 0.05) is 10.7 Å². The van der Waals surface area contributed by atoms with Crippen molar-refractivity contribution in [3.05, 3.63) is 17.2 Å².